The highest BCUT2D eigenvalue weighted by atomic mass is 35.5. The Hall–Kier alpha value is -3.24. The maximum absolute atomic E-state index is 14.5. The molecule has 3 N–H and O–H groups in total. The zero-order chi connectivity index (χ0) is 23.0. The lowest BCUT2D eigenvalue weighted by Crippen LogP contribution is -2.46. The molecule has 0 bridgehead atoms. The van der Waals surface area contributed by atoms with Crippen molar-refractivity contribution in [3.05, 3.63) is 58.1 Å². The fourth-order valence-corrected chi connectivity index (χ4v) is 3.94. The molecule has 11 heteroatoms. The normalized spacial score (nSPS) is 20.1. The van der Waals surface area contributed by atoms with E-state index in [0.29, 0.717) is 17.5 Å². The molecule has 0 radical (unpaired) electrons. The van der Waals surface area contributed by atoms with Gasteiger partial charge in [-0.2, -0.15) is 0 Å². The van der Waals surface area contributed by atoms with Gasteiger partial charge in [0.25, 0.3) is 11.7 Å². The molecule has 0 aromatic heterocycles. The summed E-state index contributed by atoms with van der Waals surface area (Å²) in [5.41, 5.74) is 1.13. The van der Waals surface area contributed by atoms with Gasteiger partial charge >= 0.3 is 6.09 Å². The Morgan fingerprint density at radius 3 is 2.75 bits per heavy atom. The first-order valence-corrected chi connectivity index (χ1v) is 10.1. The van der Waals surface area contributed by atoms with E-state index < -0.39 is 29.4 Å². The fraction of sp³-hybridized carbons (Fsp3) is 0.286. The molecule has 1 saturated heterocycles. The molecule has 2 aliphatic heterocycles. The van der Waals surface area contributed by atoms with E-state index >= 15 is 0 Å². The average Bonchev–Trinajstić information content (AvgIpc) is 3.00. The third-order valence-electron chi connectivity index (χ3n) is 5.23. The fourth-order valence-electron chi connectivity index (χ4n) is 3.69. The van der Waals surface area contributed by atoms with Gasteiger partial charge < -0.3 is 25.4 Å². The van der Waals surface area contributed by atoms with Crippen LogP contribution < -0.4 is 15.5 Å². The summed E-state index contributed by atoms with van der Waals surface area (Å²) in [4.78, 5) is 37.5. The zero-order valence-electron chi connectivity index (χ0n) is 16.6. The van der Waals surface area contributed by atoms with Crippen molar-refractivity contribution in [1.82, 2.24) is 5.32 Å². The van der Waals surface area contributed by atoms with Gasteiger partial charge in [-0.1, -0.05) is 11.6 Å². The van der Waals surface area contributed by atoms with Crippen LogP contribution in [0.3, 0.4) is 0 Å². The summed E-state index contributed by atoms with van der Waals surface area (Å²) in [7, 11) is 0. The Kier molecular flexibility index (Phi) is 5.74. The molecule has 8 nitrogen and oxygen atoms in total. The number of hydrogen-bond acceptors (Lipinski definition) is 5. The predicted octanol–water partition coefficient (Wildman–Crippen LogP) is 2.85. The van der Waals surface area contributed by atoms with E-state index in [0.717, 1.165) is 23.1 Å². The molecule has 2 heterocycles. The number of ether oxygens (including phenoxy) is 1. The molecule has 1 fully saturated rings. The molecule has 2 aromatic rings. The second kappa shape index (κ2) is 8.36. The number of hydrogen-bond donors (Lipinski definition) is 3. The van der Waals surface area contributed by atoms with Crippen LogP contribution in [0.2, 0.25) is 5.02 Å². The molecule has 32 heavy (non-hydrogen) atoms. The van der Waals surface area contributed by atoms with E-state index in [1.807, 2.05) is 0 Å². The highest BCUT2D eigenvalue weighted by Gasteiger charge is 2.49. The molecule has 2 aliphatic rings. The number of rotatable bonds is 4. The number of fused-ring (bicyclic) bond motifs is 1. The summed E-state index contributed by atoms with van der Waals surface area (Å²) in [6.07, 6.45) is -0.836. The first-order chi connectivity index (χ1) is 15.1. The monoisotopic (exact) mass is 465 g/mol. The quantitative estimate of drug-likeness (QED) is 0.602. The molecule has 1 atom stereocenters. The number of halogens is 3. The van der Waals surface area contributed by atoms with Gasteiger partial charge in [0, 0.05) is 36.6 Å². The maximum atomic E-state index is 14.5. The SMILES string of the molecule is O=C1CCc2cc(N3CCC(O)(OC(=O)NCc4cc(F)cc(Cl)c4)C3=O)cc(F)c2N1. The van der Waals surface area contributed by atoms with E-state index in [-0.39, 0.29) is 48.2 Å². The number of nitrogens with one attached hydrogen (secondary N) is 2. The van der Waals surface area contributed by atoms with Crippen LogP contribution in [0.4, 0.5) is 25.0 Å². The summed E-state index contributed by atoms with van der Waals surface area (Å²) < 4.78 is 32.8. The van der Waals surface area contributed by atoms with Gasteiger partial charge in [0.05, 0.1) is 5.69 Å². The number of aliphatic hydroxyl groups is 1. The van der Waals surface area contributed by atoms with Gasteiger partial charge in [0.1, 0.15) is 11.6 Å². The predicted molar refractivity (Wildman–Crippen MR) is 110 cm³/mol. The number of alkyl carbamates (subject to hydrolysis) is 1. The van der Waals surface area contributed by atoms with Crippen LogP contribution in [-0.4, -0.2) is 35.3 Å². The van der Waals surface area contributed by atoms with Crippen LogP contribution in [0.15, 0.2) is 30.3 Å². The molecule has 1 unspecified atom stereocenters. The minimum Gasteiger partial charge on any atom is -0.407 e. The largest absolute Gasteiger partial charge is 0.410 e. The lowest BCUT2D eigenvalue weighted by molar-refractivity contribution is -0.175. The second-order valence-corrected chi connectivity index (χ2v) is 7.96. The average molecular weight is 466 g/mol. The van der Waals surface area contributed by atoms with E-state index in [9.17, 15) is 28.3 Å². The van der Waals surface area contributed by atoms with E-state index in [4.69, 9.17) is 16.3 Å². The van der Waals surface area contributed by atoms with Gasteiger partial charge in [-0.3, -0.25) is 9.59 Å². The molecule has 4 rings (SSSR count). The molecule has 2 aromatic carbocycles. The number of amides is 3. The van der Waals surface area contributed by atoms with Crippen molar-refractivity contribution in [2.45, 2.75) is 31.6 Å². The van der Waals surface area contributed by atoms with Crippen molar-refractivity contribution in [3.63, 3.8) is 0 Å². The van der Waals surface area contributed by atoms with Crippen LogP contribution in [0.5, 0.6) is 0 Å². The van der Waals surface area contributed by atoms with Gasteiger partial charge in [0.2, 0.25) is 5.91 Å². The zero-order valence-corrected chi connectivity index (χ0v) is 17.3. The Labute approximate surface area is 186 Å². The van der Waals surface area contributed by atoms with Gasteiger partial charge in [-0.25, -0.2) is 13.6 Å². The summed E-state index contributed by atoms with van der Waals surface area (Å²) in [5, 5.41) is 15.5. The number of nitrogens with zero attached hydrogens (tertiary/aromatic N) is 1. The minimum atomic E-state index is -2.44. The van der Waals surface area contributed by atoms with Crippen molar-refractivity contribution in [2.75, 3.05) is 16.8 Å². The van der Waals surface area contributed by atoms with Crippen molar-refractivity contribution in [3.8, 4) is 0 Å². The molecule has 0 spiro atoms. The molecule has 0 saturated carbocycles. The van der Waals surface area contributed by atoms with E-state index in [1.54, 1.807) is 6.07 Å². The third kappa shape index (κ3) is 4.37. The molecule has 168 valence electrons. The number of anilines is 2. The summed E-state index contributed by atoms with van der Waals surface area (Å²) in [5.74, 6) is -4.96. The number of aryl methyl sites for hydroxylation is 1. The summed E-state index contributed by atoms with van der Waals surface area (Å²) in [6.45, 7) is -0.168. The second-order valence-electron chi connectivity index (χ2n) is 7.52. The number of carbonyl (C=O) groups is 3. The summed E-state index contributed by atoms with van der Waals surface area (Å²) in [6, 6.07) is 6.33. The van der Waals surface area contributed by atoms with Crippen molar-refractivity contribution in [2.24, 2.45) is 0 Å². The number of carbonyl (C=O) groups excluding carboxylic acids is 3. The van der Waals surface area contributed by atoms with Gasteiger partial charge in [-0.05, 0) is 47.9 Å². The Morgan fingerprint density at radius 1 is 1.22 bits per heavy atom. The van der Waals surface area contributed by atoms with Crippen molar-refractivity contribution in [1.29, 1.82) is 0 Å². The van der Waals surface area contributed by atoms with Crippen molar-refractivity contribution < 1.29 is 33.0 Å². The minimum absolute atomic E-state index is 0.0211. The Morgan fingerprint density at radius 2 is 2.00 bits per heavy atom. The highest BCUT2D eigenvalue weighted by Crippen LogP contribution is 2.35. The maximum Gasteiger partial charge on any atom is 0.410 e. The lowest BCUT2D eigenvalue weighted by atomic mass is 10.0. The lowest BCUT2D eigenvalue weighted by Gasteiger charge is -2.24. The first-order valence-electron chi connectivity index (χ1n) is 9.73. The number of benzene rings is 2. The Bertz CT molecular complexity index is 1110. The standard InChI is InChI=1S/C21H18ClF2N3O5/c22-13-5-11(6-14(23)8-13)10-25-20(30)32-21(31)3-4-27(19(21)29)15-7-12-1-2-17(28)26-18(12)16(24)9-15/h5-9,31H,1-4,10H2,(H,25,30)(H,26,28). The van der Waals surface area contributed by atoms with Crippen LogP contribution >= 0.6 is 11.6 Å². The highest BCUT2D eigenvalue weighted by molar-refractivity contribution is 6.30. The molecular weight excluding hydrogens is 448 g/mol. The molecular formula is C21H18ClF2N3O5. The topological polar surface area (TPSA) is 108 Å². The van der Waals surface area contributed by atoms with Crippen LogP contribution in [0.1, 0.15) is 24.0 Å². The first kappa shape index (κ1) is 22.0. The van der Waals surface area contributed by atoms with E-state index in [2.05, 4.69) is 10.6 Å². The van der Waals surface area contributed by atoms with Crippen LogP contribution in [0.25, 0.3) is 0 Å². The van der Waals surface area contributed by atoms with E-state index in [1.165, 1.54) is 6.07 Å². The Balaban J connectivity index is 1.43. The van der Waals surface area contributed by atoms with Crippen LogP contribution in [-0.2, 0) is 27.3 Å². The smallest absolute Gasteiger partial charge is 0.407 e. The van der Waals surface area contributed by atoms with Crippen LogP contribution in [0, 0.1) is 11.6 Å². The third-order valence-corrected chi connectivity index (χ3v) is 5.45. The van der Waals surface area contributed by atoms with Gasteiger partial charge in [0.15, 0.2) is 0 Å². The van der Waals surface area contributed by atoms with Crippen molar-refractivity contribution >= 4 is 40.9 Å². The molecule has 3 amide bonds. The van der Waals surface area contributed by atoms with Gasteiger partial charge in [-0.15, -0.1) is 0 Å². The molecule has 0 aliphatic carbocycles. The summed E-state index contributed by atoms with van der Waals surface area (Å²) >= 11 is 5.76.